The van der Waals surface area contributed by atoms with E-state index in [4.69, 9.17) is 0 Å². The molecule has 0 saturated carbocycles. The molecule has 0 spiro atoms. The molecule has 3 N–H and O–H groups in total. The number of rotatable bonds is 4. The van der Waals surface area contributed by atoms with E-state index >= 15 is 0 Å². The molecule has 0 radical (unpaired) electrons. The van der Waals surface area contributed by atoms with Crippen molar-refractivity contribution in [3.63, 3.8) is 0 Å². The molecular weight excluding hydrogens is 248 g/mol. The minimum absolute atomic E-state index is 0.00481. The Labute approximate surface area is 110 Å². The number of phenols is 2. The number of thiazole rings is 1. The van der Waals surface area contributed by atoms with Gasteiger partial charge in [-0.1, -0.05) is 6.07 Å². The topological polar surface area (TPSA) is 65.4 Å². The standard InChI is InChI=1S/C13H16N2O2S/c1-8-6-15-13(18-8)7-14-9(2)11-4-3-10(16)5-12(11)17/h3-6,9,14,16-17H,7H2,1-2H3. The molecule has 2 aromatic rings. The van der Waals surface area contributed by atoms with E-state index in [1.807, 2.05) is 20.0 Å². The van der Waals surface area contributed by atoms with Gasteiger partial charge in [0.05, 0.1) is 0 Å². The van der Waals surface area contributed by atoms with Crippen LogP contribution in [0.5, 0.6) is 11.5 Å². The van der Waals surface area contributed by atoms with E-state index in [2.05, 4.69) is 10.3 Å². The minimum Gasteiger partial charge on any atom is -0.508 e. The summed E-state index contributed by atoms with van der Waals surface area (Å²) in [5.41, 5.74) is 0.765. The predicted molar refractivity (Wildman–Crippen MR) is 71.9 cm³/mol. The second kappa shape index (κ2) is 5.37. The molecule has 4 nitrogen and oxygen atoms in total. The SMILES string of the molecule is Cc1cnc(CNC(C)c2ccc(O)cc2O)s1. The highest BCUT2D eigenvalue weighted by atomic mass is 32.1. The Morgan fingerprint density at radius 2 is 2.17 bits per heavy atom. The Morgan fingerprint density at radius 3 is 2.78 bits per heavy atom. The molecule has 0 saturated heterocycles. The van der Waals surface area contributed by atoms with Gasteiger partial charge in [0.15, 0.2) is 0 Å². The fourth-order valence-corrected chi connectivity index (χ4v) is 2.47. The van der Waals surface area contributed by atoms with Crippen LogP contribution in [0.4, 0.5) is 0 Å². The molecule has 1 aromatic heterocycles. The van der Waals surface area contributed by atoms with E-state index in [1.54, 1.807) is 23.5 Å². The Balaban J connectivity index is 2.01. The normalized spacial score (nSPS) is 12.6. The monoisotopic (exact) mass is 264 g/mol. The number of nitrogens with zero attached hydrogens (tertiary/aromatic N) is 1. The largest absolute Gasteiger partial charge is 0.508 e. The number of benzene rings is 1. The van der Waals surface area contributed by atoms with Crippen molar-refractivity contribution >= 4 is 11.3 Å². The summed E-state index contributed by atoms with van der Waals surface area (Å²) in [6.07, 6.45) is 1.85. The van der Waals surface area contributed by atoms with E-state index in [0.717, 1.165) is 10.6 Å². The van der Waals surface area contributed by atoms with Crippen LogP contribution in [0.1, 0.15) is 28.4 Å². The van der Waals surface area contributed by atoms with Crippen LogP contribution < -0.4 is 5.32 Å². The molecular formula is C13H16N2O2S. The average Bonchev–Trinajstić information content (AvgIpc) is 2.72. The van der Waals surface area contributed by atoms with Gasteiger partial charge in [0.2, 0.25) is 0 Å². The summed E-state index contributed by atoms with van der Waals surface area (Å²) in [6, 6.07) is 4.63. The lowest BCUT2D eigenvalue weighted by molar-refractivity contribution is 0.436. The Bertz CT molecular complexity index is 540. The van der Waals surface area contributed by atoms with Gasteiger partial charge in [0.1, 0.15) is 16.5 Å². The van der Waals surface area contributed by atoms with Gasteiger partial charge in [-0.2, -0.15) is 0 Å². The smallest absolute Gasteiger partial charge is 0.124 e. The molecule has 0 fully saturated rings. The van der Waals surface area contributed by atoms with E-state index in [0.29, 0.717) is 6.54 Å². The molecule has 0 amide bonds. The summed E-state index contributed by atoms with van der Waals surface area (Å²) in [7, 11) is 0. The van der Waals surface area contributed by atoms with E-state index in [-0.39, 0.29) is 17.5 Å². The van der Waals surface area contributed by atoms with Gasteiger partial charge in [-0.25, -0.2) is 4.98 Å². The van der Waals surface area contributed by atoms with Gasteiger partial charge in [-0.15, -0.1) is 11.3 Å². The van der Waals surface area contributed by atoms with Crippen LogP contribution in [0, 0.1) is 6.92 Å². The maximum atomic E-state index is 9.75. The van der Waals surface area contributed by atoms with Crippen LogP contribution in [0.25, 0.3) is 0 Å². The van der Waals surface area contributed by atoms with Crippen molar-refractivity contribution in [2.45, 2.75) is 26.4 Å². The number of aryl methyl sites for hydroxylation is 1. The number of hydrogen-bond donors (Lipinski definition) is 3. The van der Waals surface area contributed by atoms with Crippen molar-refractivity contribution in [1.82, 2.24) is 10.3 Å². The zero-order chi connectivity index (χ0) is 13.1. The van der Waals surface area contributed by atoms with E-state index < -0.39 is 0 Å². The first-order valence-electron chi connectivity index (χ1n) is 5.73. The lowest BCUT2D eigenvalue weighted by Crippen LogP contribution is -2.18. The summed E-state index contributed by atoms with van der Waals surface area (Å²) in [4.78, 5) is 5.46. The highest BCUT2D eigenvalue weighted by molar-refractivity contribution is 7.11. The molecule has 1 heterocycles. The lowest BCUT2D eigenvalue weighted by atomic mass is 10.1. The molecule has 1 atom stereocenters. The molecule has 1 aromatic carbocycles. The van der Waals surface area contributed by atoms with Gasteiger partial charge in [0, 0.05) is 35.3 Å². The van der Waals surface area contributed by atoms with Crippen molar-refractivity contribution in [3.8, 4) is 11.5 Å². The molecule has 0 aliphatic carbocycles. The third kappa shape index (κ3) is 3.00. The Kier molecular flexibility index (Phi) is 3.84. The highest BCUT2D eigenvalue weighted by Crippen LogP contribution is 2.28. The predicted octanol–water partition coefficient (Wildman–Crippen LogP) is 2.71. The zero-order valence-electron chi connectivity index (χ0n) is 10.3. The van der Waals surface area contributed by atoms with Crippen molar-refractivity contribution in [2.24, 2.45) is 0 Å². The fraction of sp³-hybridized carbons (Fsp3) is 0.308. The number of aromatic hydroxyl groups is 2. The second-order valence-corrected chi connectivity index (χ2v) is 5.53. The summed E-state index contributed by atoms with van der Waals surface area (Å²) in [5, 5.41) is 23.3. The zero-order valence-corrected chi connectivity index (χ0v) is 11.2. The first kappa shape index (κ1) is 12.9. The summed E-state index contributed by atoms with van der Waals surface area (Å²) >= 11 is 1.66. The summed E-state index contributed by atoms with van der Waals surface area (Å²) in [5.74, 6) is 0.171. The van der Waals surface area contributed by atoms with Crippen LogP contribution in [0.3, 0.4) is 0 Å². The molecule has 0 aliphatic rings. The van der Waals surface area contributed by atoms with Crippen molar-refractivity contribution in [2.75, 3.05) is 0 Å². The van der Waals surface area contributed by atoms with Gasteiger partial charge < -0.3 is 15.5 Å². The Hall–Kier alpha value is -1.59. The van der Waals surface area contributed by atoms with Gasteiger partial charge in [-0.3, -0.25) is 0 Å². The molecule has 1 unspecified atom stereocenters. The fourth-order valence-electron chi connectivity index (χ4n) is 1.73. The van der Waals surface area contributed by atoms with Crippen LogP contribution in [-0.4, -0.2) is 15.2 Å². The van der Waals surface area contributed by atoms with Crippen LogP contribution in [-0.2, 0) is 6.54 Å². The van der Waals surface area contributed by atoms with Crippen LogP contribution in [0.15, 0.2) is 24.4 Å². The third-order valence-electron chi connectivity index (χ3n) is 2.71. The van der Waals surface area contributed by atoms with E-state index in [9.17, 15) is 10.2 Å². The van der Waals surface area contributed by atoms with Crippen LogP contribution >= 0.6 is 11.3 Å². The average molecular weight is 264 g/mol. The molecule has 5 heteroatoms. The van der Waals surface area contributed by atoms with Crippen molar-refractivity contribution in [1.29, 1.82) is 0 Å². The van der Waals surface area contributed by atoms with Gasteiger partial charge in [0.25, 0.3) is 0 Å². The molecule has 18 heavy (non-hydrogen) atoms. The maximum Gasteiger partial charge on any atom is 0.124 e. The first-order chi connectivity index (χ1) is 8.56. The highest BCUT2D eigenvalue weighted by Gasteiger charge is 2.11. The Morgan fingerprint density at radius 1 is 1.39 bits per heavy atom. The quantitative estimate of drug-likeness (QED) is 0.794. The molecule has 96 valence electrons. The molecule has 2 rings (SSSR count). The molecule has 0 aliphatic heterocycles. The number of nitrogens with one attached hydrogen (secondary N) is 1. The van der Waals surface area contributed by atoms with Gasteiger partial charge in [-0.05, 0) is 19.9 Å². The lowest BCUT2D eigenvalue weighted by Gasteiger charge is -2.14. The van der Waals surface area contributed by atoms with Gasteiger partial charge >= 0.3 is 0 Å². The number of aromatic nitrogens is 1. The van der Waals surface area contributed by atoms with Crippen molar-refractivity contribution in [3.05, 3.63) is 39.8 Å². The molecule has 0 bridgehead atoms. The second-order valence-electron chi connectivity index (χ2n) is 4.21. The van der Waals surface area contributed by atoms with Crippen LogP contribution in [0.2, 0.25) is 0 Å². The third-order valence-corrected chi connectivity index (χ3v) is 3.62. The minimum atomic E-state index is -0.00481. The maximum absolute atomic E-state index is 9.75. The van der Waals surface area contributed by atoms with E-state index in [1.165, 1.54) is 10.9 Å². The number of phenolic OH excluding ortho intramolecular Hbond substituents is 2. The summed E-state index contributed by atoms with van der Waals surface area (Å²) < 4.78 is 0. The first-order valence-corrected chi connectivity index (χ1v) is 6.54. The van der Waals surface area contributed by atoms with Crippen molar-refractivity contribution < 1.29 is 10.2 Å². The number of hydrogen-bond acceptors (Lipinski definition) is 5. The summed E-state index contributed by atoms with van der Waals surface area (Å²) in [6.45, 7) is 4.66.